The summed E-state index contributed by atoms with van der Waals surface area (Å²) in [7, 11) is 1.57. The van der Waals surface area contributed by atoms with E-state index in [4.69, 9.17) is 5.11 Å². The van der Waals surface area contributed by atoms with Gasteiger partial charge in [0.1, 0.15) is 5.69 Å². The number of rotatable bonds is 3. The molecule has 112 valence electrons. The van der Waals surface area contributed by atoms with Gasteiger partial charge in [0.05, 0.1) is 5.92 Å². The Hall–Kier alpha value is -2.44. The number of nitrogens with zero attached hydrogens (tertiary/aromatic N) is 2. The first-order chi connectivity index (χ1) is 10.0. The van der Waals surface area contributed by atoms with E-state index in [2.05, 4.69) is 10.3 Å². The number of carboxylic acid groups (broad SMARTS) is 1. The molecule has 0 saturated carbocycles. The molecule has 2 rings (SSSR count). The van der Waals surface area contributed by atoms with Crippen LogP contribution in [0.4, 0.5) is 0 Å². The summed E-state index contributed by atoms with van der Waals surface area (Å²) in [5.74, 6) is -1.73. The van der Waals surface area contributed by atoms with Crippen molar-refractivity contribution in [3.63, 3.8) is 0 Å². The van der Waals surface area contributed by atoms with Crippen LogP contribution < -0.4 is 5.32 Å². The van der Waals surface area contributed by atoms with E-state index in [1.165, 1.54) is 18.3 Å². The van der Waals surface area contributed by atoms with Crippen molar-refractivity contribution < 1.29 is 19.5 Å². The maximum atomic E-state index is 12.4. The summed E-state index contributed by atoms with van der Waals surface area (Å²) in [6.45, 7) is 0.917. The van der Waals surface area contributed by atoms with Crippen molar-refractivity contribution >= 4 is 17.8 Å². The van der Waals surface area contributed by atoms with Gasteiger partial charge in [0.2, 0.25) is 5.91 Å². The monoisotopic (exact) mass is 291 g/mol. The van der Waals surface area contributed by atoms with Crippen LogP contribution in [-0.2, 0) is 4.79 Å². The number of piperidine rings is 1. The Bertz CT molecular complexity index is 573. The van der Waals surface area contributed by atoms with Gasteiger partial charge in [-0.25, -0.2) is 9.78 Å². The normalized spacial score (nSPS) is 18.1. The third-order valence-corrected chi connectivity index (χ3v) is 3.55. The molecule has 2 N–H and O–H groups in total. The predicted octanol–water partition coefficient (Wildman–Crippen LogP) is 0.378. The molecular weight excluding hydrogens is 274 g/mol. The van der Waals surface area contributed by atoms with E-state index in [9.17, 15) is 14.4 Å². The highest BCUT2D eigenvalue weighted by atomic mass is 16.4. The number of pyridine rings is 1. The van der Waals surface area contributed by atoms with Crippen LogP contribution in [0.1, 0.15) is 33.7 Å². The molecule has 0 bridgehead atoms. The van der Waals surface area contributed by atoms with Crippen molar-refractivity contribution in [1.82, 2.24) is 15.2 Å². The fourth-order valence-electron chi connectivity index (χ4n) is 2.44. The van der Waals surface area contributed by atoms with Crippen LogP contribution in [0.15, 0.2) is 18.3 Å². The average molecular weight is 291 g/mol. The van der Waals surface area contributed by atoms with E-state index in [0.717, 1.165) is 12.8 Å². The van der Waals surface area contributed by atoms with Gasteiger partial charge < -0.3 is 15.3 Å². The second-order valence-electron chi connectivity index (χ2n) is 4.94. The Morgan fingerprint density at radius 2 is 2.19 bits per heavy atom. The van der Waals surface area contributed by atoms with Crippen LogP contribution in [0.25, 0.3) is 0 Å². The highest BCUT2D eigenvalue weighted by molar-refractivity contribution is 5.97. The number of nitrogens with one attached hydrogen (secondary N) is 1. The van der Waals surface area contributed by atoms with Crippen molar-refractivity contribution in [2.24, 2.45) is 5.92 Å². The van der Waals surface area contributed by atoms with Crippen molar-refractivity contribution in [3.8, 4) is 0 Å². The van der Waals surface area contributed by atoms with Gasteiger partial charge in [-0.3, -0.25) is 9.59 Å². The van der Waals surface area contributed by atoms with Gasteiger partial charge in [-0.15, -0.1) is 0 Å². The zero-order valence-corrected chi connectivity index (χ0v) is 11.7. The first-order valence-electron chi connectivity index (χ1n) is 6.73. The van der Waals surface area contributed by atoms with Crippen molar-refractivity contribution in [1.29, 1.82) is 0 Å². The Morgan fingerprint density at radius 3 is 2.86 bits per heavy atom. The summed E-state index contributed by atoms with van der Waals surface area (Å²) in [6.07, 6.45) is 2.80. The number of carbonyl (C=O) groups excluding carboxylic acids is 2. The van der Waals surface area contributed by atoms with Crippen LogP contribution in [-0.4, -0.2) is 52.9 Å². The summed E-state index contributed by atoms with van der Waals surface area (Å²) >= 11 is 0. The minimum Gasteiger partial charge on any atom is -0.477 e. The van der Waals surface area contributed by atoms with Crippen LogP contribution in [0.3, 0.4) is 0 Å². The number of hydrogen-bond donors (Lipinski definition) is 2. The second kappa shape index (κ2) is 6.34. The molecule has 1 aliphatic heterocycles. The van der Waals surface area contributed by atoms with Gasteiger partial charge in [-0.1, -0.05) is 0 Å². The number of amides is 2. The molecule has 2 amide bonds. The standard InChI is InChI=1S/C14H17N3O4/c1-15-12(18)10-3-2-6-17(8-10)13(19)9-4-5-16-11(7-9)14(20)21/h4-5,7,10H,2-3,6,8H2,1H3,(H,15,18)(H,20,21). The molecule has 1 unspecified atom stereocenters. The van der Waals surface area contributed by atoms with Gasteiger partial charge in [-0.05, 0) is 25.0 Å². The van der Waals surface area contributed by atoms with Crippen LogP contribution in [0.2, 0.25) is 0 Å². The van der Waals surface area contributed by atoms with E-state index >= 15 is 0 Å². The largest absolute Gasteiger partial charge is 0.477 e. The molecule has 21 heavy (non-hydrogen) atoms. The van der Waals surface area contributed by atoms with Crippen molar-refractivity contribution in [3.05, 3.63) is 29.6 Å². The van der Waals surface area contributed by atoms with Gasteiger partial charge in [0.15, 0.2) is 0 Å². The third kappa shape index (κ3) is 3.36. The van der Waals surface area contributed by atoms with Crippen LogP contribution in [0.5, 0.6) is 0 Å². The van der Waals surface area contributed by atoms with E-state index in [-0.39, 0.29) is 29.0 Å². The molecule has 1 saturated heterocycles. The van der Waals surface area contributed by atoms with E-state index in [0.29, 0.717) is 13.1 Å². The Kier molecular flexibility index (Phi) is 4.52. The smallest absolute Gasteiger partial charge is 0.354 e. The molecule has 1 aromatic rings. The predicted molar refractivity (Wildman–Crippen MR) is 73.9 cm³/mol. The molecule has 7 heteroatoms. The third-order valence-electron chi connectivity index (χ3n) is 3.55. The quantitative estimate of drug-likeness (QED) is 0.838. The number of likely N-dealkylation sites (tertiary alicyclic amines) is 1. The lowest BCUT2D eigenvalue weighted by Crippen LogP contribution is -2.44. The molecule has 0 aliphatic carbocycles. The van der Waals surface area contributed by atoms with Gasteiger partial charge in [-0.2, -0.15) is 0 Å². The summed E-state index contributed by atoms with van der Waals surface area (Å²) < 4.78 is 0. The Balaban J connectivity index is 2.14. The minimum atomic E-state index is -1.17. The Morgan fingerprint density at radius 1 is 1.43 bits per heavy atom. The maximum absolute atomic E-state index is 12.4. The number of aromatic carboxylic acids is 1. The average Bonchev–Trinajstić information content (AvgIpc) is 2.53. The van der Waals surface area contributed by atoms with E-state index < -0.39 is 5.97 Å². The lowest BCUT2D eigenvalue weighted by Gasteiger charge is -2.31. The summed E-state index contributed by atoms with van der Waals surface area (Å²) in [5.41, 5.74) is 0.112. The van der Waals surface area contributed by atoms with Crippen molar-refractivity contribution in [2.45, 2.75) is 12.8 Å². The molecule has 1 aliphatic rings. The van der Waals surface area contributed by atoms with Crippen LogP contribution >= 0.6 is 0 Å². The zero-order valence-electron chi connectivity index (χ0n) is 11.7. The molecule has 0 spiro atoms. The lowest BCUT2D eigenvalue weighted by molar-refractivity contribution is -0.125. The lowest BCUT2D eigenvalue weighted by atomic mass is 9.96. The molecule has 2 heterocycles. The number of hydrogen-bond acceptors (Lipinski definition) is 4. The minimum absolute atomic E-state index is 0.0755. The Labute approximate surface area is 122 Å². The second-order valence-corrected chi connectivity index (χ2v) is 4.94. The summed E-state index contributed by atoms with van der Waals surface area (Å²) in [5, 5.41) is 11.5. The highest BCUT2D eigenvalue weighted by Crippen LogP contribution is 2.19. The molecule has 1 atom stereocenters. The van der Waals surface area contributed by atoms with Crippen molar-refractivity contribution in [2.75, 3.05) is 20.1 Å². The molecule has 0 aromatic carbocycles. The van der Waals surface area contributed by atoms with Crippen LogP contribution in [0, 0.1) is 5.92 Å². The first kappa shape index (κ1) is 15.0. The maximum Gasteiger partial charge on any atom is 0.354 e. The molecular formula is C14H17N3O4. The topological polar surface area (TPSA) is 99.6 Å². The summed E-state index contributed by atoms with van der Waals surface area (Å²) in [4.78, 5) is 40.3. The van der Waals surface area contributed by atoms with E-state index in [1.54, 1.807) is 11.9 Å². The molecule has 0 radical (unpaired) electrons. The van der Waals surface area contributed by atoms with Gasteiger partial charge in [0, 0.05) is 31.9 Å². The SMILES string of the molecule is CNC(=O)C1CCCN(C(=O)c2ccnc(C(=O)O)c2)C1. The van der Waals surface area contributed by atoms with Gasteiger partial charge in [0.25, 0.3) is 5.91 Å². The zero-order chi connectivity index (χ0) is 15.4. The summed E-state index contributed by atoms with van der Waals surface area (Å²) in [6, 6.07) is 2.74. The first-order valence-corrected chi connectivity index (χ1v) is 6.73. The molecule has 1 fully saturated rings. The fourth-order valence-corrected chi connectivity index (χ4v) is 2.44. The molecule has 1 aromatic heterocycles. The molecule has 7 nitrogen and oxygen atoms in total. The number of carboxylic acids is 1. The fraction of sp³-hybridized carbons (Fsp3) is 0.429. The van der Waals surface area contributed by atoms with Gasteiger partial charge >= 0.3 is 5.97 Å². The van der Waals surface area contributed by atoms with E-state index in [1.807, 2.05) is 0 Å². The number of carbonyl (C=O) groups is 3. The number of aromatic nitrogens is 1. The highest BCUT2D eigenvalue weighted by Gasteiger charge is 2.28.